The number of nitrogens with zero attached hydrogens (tertiary/aromatic N) is 1. The first-order chi connectivity index (χ1) is 12.8. The van der Waals surface area contributed by atoms with Crippen LogP contribution in [0.5, 0.6) is 0 Å². The maximum absolute atomic E-state index is 13.2. The molecule has 0 heterocycles. The fourth-order valence-electron chi connectivity index (χ4n) is 2.71. The number of halogens is 2. The lowest BCUT2D eigenvalue weighted by atomic mass is 10.1. The molecular formula is C19H16ClFN2O3S. The van der Waals surface area contributed by atoms with Gasteiger partial charge in [-0.1, -0.05) is 48.0 Å². The van der Waals surface area contributed by atoms with Crippen LogP contribution in [0.1, 0.15) is 0 Å². The van der Waals surface area contributed by atoms with E-state index < -0.39 is 28.3 Å². The third kappa shape index (κ3) is 4.37. The van der Waals surface area contributed by atoms with Crippen LogP contribution >= 0.6 is 11.6 Å². The van der Waals surface area contributed by atoms with Crippen LogP contribution < -0.4 is 9.62 Å². The Balaban J connectivity index is 1.92. The monoisotopic (exact) mass is 406 g/mol. The van der Waals surface area contributed by atoms with Gasteiger partial charge < -0.3 is 5.32 Å². The molecule has 0 aliphatic rings. The Bertz CT molecular complexity index is 1110. The van der Waals surface area contributed by atoms with E-state index >= 15 is 0 Å². The van der Waals surface area contributed by atoms with Gasteiger partial charge in [-0.15, -0.1) is 0 Å². The number of carbonyl (C=O) groups excluding carboxylic acids is 1. The molecule has 1 amide bonds. The molecule has 140 valence electrons. The SMILES string of the molecule is CS(=O)(=O)N(CC(=O)Nc1ccc(F)c(Cl)c1)c1cccc2ccccc12. The standard InChI is InChI=1S/C19H16ClFN2O3S/c1-27(25,26)23(18-8-4-6-13-5-2-3-7-15(13)18)12-19(24)22-14-9-10-17(21)16(20)11-14/h2-11H,12H2,1H3,(H,22,24). The fraction of sp³-hybridized carbons (Fsp3) is 0.105. The molecule has 0 aliphatic heterocycles. The van der Waals surface area contributed by atoms with Crippen molar-refractivity contribution in [3.63, 3.8) is 0 Å². The molecule has 0 bridgehead atoms. The maximum Gasteiger partial charge on any atom is 0.245 e. The van der Waals surface area contributed by atoms with Crippen LogP contribution in [0, 0.1) is 5.82 Å². The minimum absolute atomic E-state index is 0.137. The summed E-state index contributed by atoms with van der Waals surface area (Å²) in [6.45, 7) is -0.429. The molecule has 0 saturated heterocycles. The highest BCUT2D eigenvalue weighted by Crippen LogP contribution is 2.28. The Hall–Kier alpha value is -2.64. The Morgan fingerprint density at radius 2 is 1.81 bits per heavy atom. The van der Waals surface area contributed by atoms with E-state index in [1.54, 1.807) is 24.3 Å². The van der Waals surface area contributed by atoms with E-state index in [4.69, 9.17) is 11.6 Å². The van der Waals surface area contributed by atoms with Gasteiger partial charge in [0.2, 0.25) is 15.9 Å². The number of rotatable bonds is 5. The first-order valence-electron chi connectivity index (χ1n) is 7.96. The Kier molecular flexibility index (Phi) is 5.34. The molecule has 3 aromatic carbocycles. The van der Waals surface area contributed by atoms with Crippen LogP contribution in [0.4, 0.5) is 15.8 Å². The molecule has 0 saturated carbocycles. The number of benzene rings is 3. The van der Waals surface area contributed by atoms with Crippen LogP contribution in [0.25, 0.3) is 10.8 Å². The molecule has 3 aromatic rings. The Labute approximate surface area is 161 Å². The average molecular weight is 407 g/mol. The van der Waals surface area contributed by atoms with Gasteiger partial charge in [0.05, 0.1) is 17.0 Å². The molecule has 0 radical (unpaired) electrons. The van der Waals surface area contributed by atoms with Crippen LogP contribution in [-0.4, -0.2) is 27.1 Å². The summed E-state index contributed by atoms with van der Waals surface area (Å²) in [5.74, 6) is -1.18. The zero-order valence-corrected chi connectivity index (χ0v) is 15.9. The van der Waals surface area contributed by atoms with Gasteiger partial charge in [-0.2, -0.15) is 0 Å². The van der Waals surface area contributed by atoms with Crippen molar-refractivity contribution in [3.05, 3.63) is 71.5 Å². The Morgan fingerprint density at radius 1 is 1.11 bits per heavy atom. The summed E-state index contributed by atoms with van der Waals surface area (Å²) in [6, 6.07) is 16.3. The lowest BCUT2D eigenvalue weighted by Gasteiger charge is -2.23. The zero-order chi connectivity index (χ0) is 19.6. The summed E-state index contributed by atoms with van der Waals surface area (Å²) in [7, 11) is -3.73. The Morgan fingerprint density at radius 3 is 2.52 bits per heavy atom. The molecule has 0 unspecified atom stereocenters. The minimum Gasteiger partial charge on any atom is -0.324 e. The predicted octanol–water partition coefficient (Wildman–Crippen LogP) is 4.04. The van der Waals surface area contributed by atoms with Crippen molar-refractivity contribution in [2.75, 3.05) is 22.4 Å². The van der Waals surface area contributed by atoms with Crippen molar-refractivity contribution in [2.24, 2.45) is 0 Å². The van der Waals surface area contributed by atoms with Gasteiger partial charge in [0.1, 0.15) is 12.4 Å². The number of sulfonamides is 1. The highest BCUT2D eigenvalue weighted by molar-refractivity contribution is 7.92. The van der Waals surface area contributed by atoms with E-state index in [9.17, 15) is 17.6 Å². The highest BCUT2D eigenvalue weighted by atomic mass is 35.5. The number of fused-ring (bicyclic) bond motifs is 1. The summed E-state index contributed by atoms with van der Waals surface area (Å²) >= 11 is 5.70. The smallest absolute Gasteiger partial charge is 0.245 e. The van der Waals surface area contributed by atoms with Crippen molar-refractivity contribution in [1.29, 1.82) is 0 Å². The second-order valence-electron chi connectivity index (χ2n) is 5.94. The number of carbonyl (C=O) groups is 1. The summed E-state index contributed by atoms with van der Waals surface area (Å²) in [6.07, 6.45) is 1.04. The molecule has 8 heteroatoms. The van der Waals surface area contributed by atoms with Crippen molar-refractivity contribution in [1.82, 2.24) is 0 Å². The van der Waals surface area contributed by atoms with E-state index in [2.05, 4.69) is 5.32 Å². The number of anilines is 2. The summed E-state index contributed by atoms with van der Waals surface area (Å²) in [5.41, 5.74) is 0.681. The number of hydrogen-bond donors (Lipinski definition) is 1. The van der Waals surface area contributed by atoms with Crippen molar-refractivity contribution >= 4 is 49.7 Å². The first-order valence-corrected chi connectivity index (χ1v) is 10.2. The summed E-state index contributed by atoms with van der Waals surface area (Å²) in [4.78, 5) is 12.4. The van der Waals surface area contributed by atoms with Crippen molar-refractivity contribution < 1.29 is 17.6 Å². The lowest BCUT2D eigenvalue weighted by Crippen LogP contribution is -2.37. The van der Waals surface area contributed by atoms with Crippen molar-refractivity contribution in [3.8, 4) is 0 Å². The molecule has 0 aromatic heterocycles. The van der Waals surface area contributed by atoms with Gasteiger partial charge in [0.15, 0.2) is 0 Å². The number of nitrogens with one attached hydrogen (secondary N) is 1. The maximum atomic E-state index is 13.2. The zero-order valence-electron chi connectivity index (χ0n) is 14.3. The topological polar surface area (TPSA) is 66.5 Å². The molecular weight excluding hydrogens is 391 g/mol. The summed E-state index contributed by atoms with van der Waals surface area (Å²) in [5, 5.41) is 3.96. The normalized spacial score (nSPS) is 11.4. The van der Waals surface area contributed by atoms with E-state index in [0.29, 0.717) is 11.1 Å². The molecule has 3 rings (SSSR count). The molecule has 0 fully saturated rings. The van der Waals surface area contributed by atoms with Gasteiger partial charge in [0, 0.05) is 11.1 Å². The van der Waals surface area contributed by atoms with E-state index in [1.807, 2.05) is 18.2 Å². The number of amides is 1. The van der Waals surface area contributed by atoms with Gasteiger partial charge in [-0.25, -0.2) is 12.8 Å². The second-order valence-corrected chi connectivity index (χ2v) is 8.26. The van der Waals surface area contributed by atoms with Crippen LogP contribution in [0.2, 0.25) is 5.02 Å². The molecule has 0 aliphatic carbocycles. The van der Waals surface area contributed by atoms with Gasteiger partial charge in [-0.05, 0) is 29.7 Å². The lowest BCUT2D eigenvalue weighted by molar-refractivity contribution is -0.114. The largest absolute Gasteiger partial charge is 0.324 e. The van der Waals surface area contributed by atoms with E-state index in [-0.39, 0.29) is 10.7 Å². The second kappa shape index (κ2) is 7.54. The van der Waals surface area contributed by atoms with Gasteiger partial charge in [-0.3, -0.25) is 9.10 Å². The van der Waals surface area contributed by atoms with Gasteiger partial charge >= 0.3 is 0 Å². The molecule has 27 heavy (non-hydrogen) atoms. The third-order valence-corrected chi connectivity index (χ3v) is 5.34. The highest BCUT2D eigenvalue weighted by Gasteiger charge is 2.22. The minimum atomic E-state index is -3.73. The van der Waals surface area contributed by atoms with Crippen LogP contribution in [0.3, 0.4) is 0 Å². The molecule has 0 atom stereocenters. The fourth-order valence-corrected chi connectivity index (χ4v) is 3.76. The number of hydrogen-bond acceptors (Lipinski definition) is 3. The molecule has 1 N–H and O–H groups in total. The molecule has 5 nitrogen and oxygen atoms in total. The van der Waals surface area contributed by atoms with E-state index in [0.717, 1.165) is 22.0 Å². The first kappa shape index (κ1) is 19.1. The average Bonchev–Trinajstić information content (AvgIpc) is 2.61. The predicted molar refractivity (Wildman–Crippen MR) is 106 cm³/mol. The van der Waals surface area contributed by atoms with Crippen LogP contribution in [0.15, 0.2) is 60.7 Å². The van der Waals surface area contributed by atoms with E-state index in [1.165, 1.54) is 12.1 Å². The van der Waals surface area contributed by atoms with Crippen molar-refractivity contribution in [2.45, 2.75) is 0 Å². The summed E-state index contributed by atoms with van der Waals surface area (Å²) < 4.78 is 39.0. The third-order valence-electron chi connectivity index (χ3n) is 3.93. The molecule has 0 spiro atoms. The van der Waals surface area contributed by atoms with Gasteiger partial charge in [0.25, 0.3) is 0 Å². The quantitative estimate of drug-likeness (QED) is 0.695. The van der Waals surface area contributed by atoms with Crippen LogP contribution in [-0.2, 0) is 14.8 Å².